The van der Waals surface area contributed by atoms with Gasteiger partial charge >= 0.3 is 5.63 Å². The summed E-state index contributed by atoms with van der Waals surface area (Å²) >= 11 is 0. The normalized spacial score (nSPS) is 10.8. The number of anilines is 1. The van der Waals surface area contributed by atoms with E-state index < -0.39 is 11.5 Å². The zero-order chi connectivity index (χ0) is 18.1. The van der Waals surface area contributed by atoms with Crippen molar-refractivity contribution in [3.63, 3.8) is 0 Å². The molecule has 0 aliphatic rings. The summed E-state index contributed by atoms with van der Waals surface area (Å²) in [5.74, 6) is 0.141. The van der Waals surface area contributed by atoms with Gasteiger partial charge < -0.3 is 14.5 Å². The number of fused-ring (bicyclic) bond motifs is 2. The Kier molecular flexibility index (Phi) is 3.85. The Hall–Kier alpha value is -3.67. The Morgan fingerprint density at radius 3 is 2.81 bits per heavy atom. The van der Waals surface area contributed by atoms with Crippen LogP contribution in [0.5, 0.6) is 5.75 Å². The van der Waals surface area contributed by atoms with Gasteiger partial charge in [-0.25, -0.2) is 4.79 Å². The molecule has 2 heterocycles. The third-order valence-electron chi connectivity index (χ3n) is 4.09. The fourth-order valence-electron chi connectivity index (χ4n) is 2.86. The molecule has 0 aliphatic carbocycles. The molecule has 0 aliphatic heterocycles. The molecule has 0 spiro atoms. The van der Waals surface area contributed by atoms with E-state index in [1.54, 1.807) is 36.5 Å². The first-order chi connectivity index (χ1) is 12.7. The molecule has 4 rings (SSSR count). The molecule has 4 aromatic rings. The minimum atomic E-state index is -0.601. The SMILES string of the molecule is COc1ccc2c(C(=O)Nc3cccc4ncccc34)cc(=O)oc2c1. The maximum atomic E-state index is 12.8. The van der Waals surface area contributed by atoms with Crippen LogP contribution in [0.4, 0.5) is 5.69 Å². The van der Waals surface area contributed by atoms with E-state index >= 15 is 0 Å². The summed E-state index contributed by atoms with van der Waals surface area (Å²) in [4.78, 5) is 29.0. The monoisotopic (exact) mass is 346 g/mol. The fraction of sp³-hybridized carbons (Fsp3) is 0.0500. The number of nitrogens with zero attached hydrogens (tertiary/aromatic N) is 1. The van der Waals surface area contributed by atoms with E-state index in [9.17, 15) is 9.59 Å². The number of aromatic nitrogens is 1. The van der Waals surface area contributed by atoms with Gasteiger partial charge in [0.2, 0.25) is 0 Å². The summed E-state index contributed by atoms with van der Waals surface area (Å²) in [6.07, 6.45) is 1.69. The number of hydrogen-bond acceptors (Lipinski definition) is 5. The topological polar surface area (TPSA) is 81.4 Å². The summed E-state index contributed by atoms with van der Waals surface area (Å²) < 4.78 is 10.3. The smallest absolute Gasteiger partial charge is 0.337 e. The third-order valence-corrected chi connectivity index (χ3v) is 4.09. The molecule has 0 bridgehead atoms. The Labute approximate surface area is 148 Å². The molecule has 0 saturated carbocycles. The first kappa shape index (κ1) is 15.8. The summed E-state index contributed by atoms with van der Waals surface area (Å²) in [5, 5.41) is 4.20. The van der Waals surface area contributed by atoms with Crippen molar-refractivity contribution in [2.24, 2.45) is 0 Å². The lowest BCUT2D eigenvalue weighted by atomic mass is 10.1. The Morgan fingerprint density at radius 1 is 1.08 bits per heavy atom. The number of nitrogens with one attached hydrogen (secondary N) is 1. The molecule has 0 fully saturated rings. The number of methoxy groups -OCH3 is 1. The zero-order valence-electron chi connectivity index (χ0n) is 13.9. The van der Waals surface area contributed by atoms with Gasteiger partial charge in [0.25, 0.3) is 5.91 Å². The van der Waals surface area contributed by atoms with Crippen LogP contribution in [-0.4, -0.2) is 18.0 Å². The van der Waals surface area contributed by atoms with Gasteiger partial charge in [0.05, 0.1) is 23.9 Å². The predicted octanol–water partition coefficient (Wildman–Crippen LogP) is 3.60. The van der Waals surface area contributed by atoms with Crippen molar-refractivity contribution in [3.8, 4) is 5.75 Å². The minimum absolute atomic E-state index is 0.236. The highest BCUT2D eigenvalue weighted by Gasteiger charge is 2.15. The number of rotatable bonds is 3. The number of benzene rings is 2. The van der Waals surface area contributed by atoms with Crippen LogP contribution >= 0.6 is 0 Å². The van der Waals surface area contributed by atoms with E-state index in [4.69, 9.17) is 9.15 Å². The second-order valence-corrected chi connectivity index (χ2v) is 5.67. The van der Waals surface area contributed by atoms with E-state index in [2.05, 4.69) is 10.3 Å². The second kappa shape index (κ2) is 6.33. The van der Waals surface area contributed by atoms with E-state index in [1.165, 1.54) is 13.2 Å². The molecular formula is C20H14N2O4. The van der Waals surface area contributed by atoms with Gasteiger partial charge in [0.15, 0.2) is 0 Å². The third kappa shape index (κ3) is 2.77. The number of hydrogen-bond donors (Lipinski definition) is 1. The van der Waals surface area contributed by atoms with Crippen LogP contribution in [-0.2, 0) is 0 Å². The van der Waals surface area contributed by atoms with Crippen molar-refractivity contribution in [1.82, 2.24) is 4.98 Å². The molecule has 0 saturated heterocycles. The molecule has 6 nitrogen and oxygen atoms in total. The van der Waals surface area contributed by atoms with Gasteiger partial charge in [-0.15, -0.1) is 0 Å². The molecule has 0 radical (unpaired) electrons. The highest BCUT2D eigenvalue weighted by molar-refractivity contribution is 6.14. The van der Waals surface area contributed by atoms with Gasteiger partial charge in [-0.1, -0.05) is 6.07 Å². The fourth-order valence-corrected chi connectivity index (χ4v) is 2.86. The van der Waals surface area contributed by atoms with Crippen molar-refractivity contribution in [3.05, 3.63) is 76.8 Å². The highest BCUT2D eigenvalue weighted by atomic mass is 16.5. The number of ether oxygens (including phenoxy) is 1. The van der Waals surface area contributed by atoms with E-state index in [1.807, 2.05) is 18.2 Å². The van der Waals surface area contributed by atoms with Crippen LogP contribution < -0.4 is 15.7 Å². The lowest BCUT2D eigenvalue weighted by Gasteiger charge is -2.10. The van der Waals surface area contributed by atoms with Gasteiger partial charge in [0.1, 0.15) is 11.3 Å². The molecule has 1 N–H and O–H groups in total. The molecular weight excluding hydrogens is 332 g/mol. The molecule has 128 valence electrons. The van der Waals surface area contributed by atoms with Gasteiger partial charge in [-0.2, -0.15) is 0 Å². The van der Waals surface area contributed by atoms with Crippen molar-refractivity contribution >= 4 is 33.5 Å². The van der Waals surface area contributed by atoms with Gasteiger partial charge in [-0.05, 0) is 36.4 Å². The molecule has 2 aromatic carbocycles. The minimum Gasteiger partial charge on any atom is -0.497 e. The zero-order valence-corrected chi connectivity index (χ0v) is 13.9. The standard InChI is InChI=1S/C20H14N2O4/c1-25-12-7-8-13-15(11-19(23)26-18(13)10-12)20(24)22-17-6-2-5-16-14(17)4-3-9-21-16/h2-11H,1H3,(H,22,24). The van der Waals surface area contributed by atoms with Gasteiger partial charge in [-0.3, -0.25) is 9.78 Å². The Bertz CT molecular complexity index is 1190. The van der Waals surface area contributed by atoms with Crippen LogP contribution in [0.2, 0.25) is 0 Å². The van der Waals surface area contributed by atoms with E-state index in [0.717, 1.165) is 10.9 Å². The summed E-state index contributed by atoms with van der Waals surface area (Å²) in [5.41, 5.74) is 1.32. The van der Waals surface area contributed by atoms with Crippen LogP contribution in [0, 0.1) is 0 Å². The molecule has 1 amide bonds. The van der Waals surface area contributed by atoms with Crippen molar-refractivity contribution < 1.29 is 13.9 Å². The highest BCUT2D eigenvalue weighted by Crippen LogP contribution is 2.25. The first-order valence-electron chi connectivity index (χ1n) is 7.93. The van der Waals surface area contributed by atoms with E-state index in [0.29, 0.717) is 22.4 Å². The van der Waals surface area contributed by atoms with Crippen LogP contribution in [0.25, 0.3) is 21.9 Å². The number of carbonyl (C=O) groups excluding carboxylic acids is 1. The average molecular weight is 346 g/mol. The van der Waals surface area contributed by atoms with E-state index in [-0.39, 0.29) is 5.56 Å². The lowest BCUT2D eigenvalue weighted by Crippen LogP contribution is -2.15. The molecule has 26 heavy (non-hydrogen) atoms. The molecule has 0 unspecified atom stereocenters. The number of pyridine rings is 1. The maximum Gasteiger partial charge on any atom is 0.337 e. The van der Waals surface area contributed by atoms with Gasteiger partial charge in [0, 0.05) is 29.1 Å². The molecule has 0 atom stereocenters. The Morgan fingerprint density at radius 2 is 1.96 bits per heavy atom. The summed E-state index contributed by atoms with van der Waals surface area (Å²) in [7, 11) is 1.52. The second-order valence-electron chi connectivity index (χ2n) is 5.67. The van der Waals surface area contributed by atoms with Crippen molar-refractivity contribution in [1.29, 1.82) is 0 Å². The molecule has 6 heteroatoms. The molecule has 2 aromatic heterocycles. The Balaban J connectivity index is 1.80. The summed E-state index contributed by atoms with van der Waals surface area (Å²) in [6, 6.07) is 15.3. The maximum absolute atomic E-state index is 12.8. The number of carbonyl (C=O) groups is 1. The summed E-state index contributed by atoms with van der Waals surface area (Å²) in [6.45, 7) is 0. The largest absolute Gasteiger partial charge is 0.497 e. The number of amides is 1. The van der Waals surface area contributed by atoms with Crippen molar-refractivity contribution in [2.45, 2.75) is 0 Å². The van der Waals surface area contributed by atoms with Crippen LogP contribution in [0.3, 0.4) is 0 Å². The van der Waals surface area contributed by atoms with Crippen molar-refractivity contribution in [2.75, 3.05) is 12.4 Å². The van der Waals surface area contributed by atoms with Crippen LogP contribution in [0.15, 0.2) is 70.0 Å². The average Bonchev–Trinajstić information content (AvgIpc) is 2.67. The quantitative estimate of drug-likeness (QED) is 0.573. The predicted molar refractivity (Wildman–Crippen MR) is 98.7 cm³/mol. The lowest BCUT2D eigenvalue weighted by molar-refractivity contribution is 0.102. The first-order valence-corrected chi connectivity index (χ1v) is 7.93. The van der Waals surface area contributed by atoms with Crippen LogP contribution in [0.1, 0.15) is 10.4 Å².